The Bertz CT molecular complexity index is 718. The molecule has 4 saturated carbocycles. The molecule has 0 aliphatic heterocycles. The van der Waals surface area contributed by atoms with Gasteiger partial charge in [0.15, 0.2) is 0 Å². The average molecular weight is 439 g/mol. The topological polar surface area (TPSA) is 54.4 Å². The van der Waals surface area contributed by atoms with Gasteiger partial charge in [0.1, 0.15) is 0 Å². The molecule has 0 aromatic heterocycles. The highest BCUT2D eigenvalue weighted by atomic mass is 32.2. The van der Waals surface area contributed by atoms with Crippen LogP contribution in [0.25, 0.3) is 0 Å². The highest BCUT2D eigenvalue weighted by molar-refractivity contribution is 7.85. The maximum atomic E-state index is 11.0. The van der Waals surface area contributed by atoms with Crippen LogP contribution in [0.5, 0.6) is 0 Å². The molecule has 0 bridgehead atoms. The van der Waals surface area contributed by atoms with Gasteiger partial charge in [-0.05, 0) is 110 Å². The van der Waals surface area contributed by atoms with Gasteiger partial charge in [-0.25, -0.2) is 0 Å². The second-order valence-corrected chi connectivity index (χ2v) is 14.1. The van der Waals surface area contributed by atoms with E-state index in [0.717, 1.165) is 48.3 Å². The molecular weight excluding hydrogens is 392 g/mol. The highest BCUT2D eigenvalue weighted by Gasteiger charge is 2.60. The molecule has 0 amide bonds. The van der Waals surface area contributed by atoms with Gasteiger partial charge >= 0.3 is 0 Å². The van der Waals surface area contributed by atoms with Crippen molar-refractivity contribution in [2.24, 2.45) is 52.3 Å². The third kappa shape index (κ3) is 4.14. The first-order chi connectivity index (χ1) is 14.0. The summed E-state index contributed by atoms with van der Waals surface area (Å²) in [6.45, 7) is 10.2. The van der Waals surface area contributed by atoms with Crippen LogP contribution in [0.3, 0.4) is 0 Å². The smallest absolute Gasteiger partial charge is 0.264 e. The van der Waals surface area contributed by atoms with E-state index in [4.69, 9.17) is 4.55 Å². The van der Waals surface area contributed by atoms with E-state index in [2.05, 4.69) is 27.7 Å². The van der Waals surface area contributed by atoms with Crippen LogP contribution in [-0.4, -0.2) is 18.7 Å². The molecule has 0 heterocycles. The zero-order valence-corrected chi connectivity index (χ0v) is 20.7. The van der Waals surface area contributed by atoms with Gasteiger partial charge in [0.05, 0.1) is 5.75 Å². The summed E-state index contributed by atoms with van der Waals surface area (Å²) in [7, 11) is -3.80. The van der Waals surface area contributed by atoms with E-state index >= 15 is 0 Å². The maximum Gasteiger partial charge on any atom is 0.264 e. The molecule has 4 aliphatic carbocycles. The Labute approximate surface area is 185 Å². The van der Waals surface area contributed by atoms with Crippen molar-refractivity contribution in [3.8, 4) is 0 Å². The molecule has 174 valence electrons. The first-order valence-corrected chi connectivity index (χ1v) is 14.6. The zero-order chi connectivity index (χ0) is 21.7. The molecule has 4 heteroatoms. The van der Waals surface area contributed by atoms with Crippen LogP contribution >= 0.6 is 0 Å². The monoisotopic (exact) mass is 438 g/mol. The Hall–Kier alpha value is -0.0900. The predicted molar refractivity (Wildman–Crippen MR) is 124 cm³/mol. The fourth-order valence-electron chi connectivity index (χ4n) is 9.40. The van der Waals surface area contributed by atoms with Gasteiger partial charge in [0.25, 0.3) is 10.1 Å². The first-order valence-electron chi connectivity index (χ1n) is 13.0. The minimum Gasteiger partial charge on any atom is -0.286 e. The van der Waals surface area contributed by atoms with Crippen LogP contribution in [0.15, 0.2) is 0 Å². The van der Waals surface area contributed by atoms with E-state index in [1.165, 1.54) is 57.8 Å². The SMILES string of the molecule is CC1CCC2(C)C(CCC3C2CCC2(C)C(C(C)CCCCS(=O)(=O)O)CCC32)C1. The van der Waals surface area contributed by atoms with Crippen molar-refractivity contribution >= 4 is 10.1 Å². The molecule has 0 aromatic rings. The summed E-state index contributed by atoms with van der Waals surface area (Å²) in [5.74, 6) is 6.13. The number of unbranched alkanes of at least 4 members (excludes halogenated alkanes) is 1. The molecule has 3 nitrogen and oxygen atoms in total. The van der Waals surface area contributed by atoms with E-state index in [9.17, 15) is 8.42 Å². The van der Waals surface area contributed by atoms with Crippen molar-refractivity contribution in [2.45, 2.75) is 105 Å². The molecule has 4 rings (SSSR count). The van der Waals surface area contributed by atoms with E-state index in [0.29, 0.717) is 23.2 Å². The van der Waals surface area contributed by atoms with Crippen molar-refractivity contribution in [2.75, 3.05) is 5.75 Å². The van der Waals surface area contributed by atoms with Gasteiger partial charge in [0, 0.05) is 0 Å². The molecular formula is C26H46O3S. The predicted octanol–water partition coefficient (Wildman–Crippen LogP) is 6.98. The summed E-state index contributed by atoms with van der Waals surface area (Å²) in [5.41, 5.74) is 1.10. The molecule has 30 heavy (non-hydrogen) atoms. The van der Waals surface area contributed by atoms with E-state index < -0.39 is 10.1 Å². The van der Waals surface area contributed by atoms with Crippen LogP contribution in [0.2, 0.25) is 0 Å². The van der Waals surface area contributed by atoms with Gasteiger partial charge < -0.3 is 0 Å². The number of hydrogen-bond acceptors (Lipinski definition) is 2. The molecule has 4 aliphatic rings. The van der Waals surface area contributed by atoms with Crippen molar-refractivity contribution < 1.29 is 13.0 Å². The normalized spacial score (nSPS) is 47.2. The van der Waals surface area contributed by atoms with Gasteiger partial charge in [0.2, 0.25) is 0 Å². The highest BCUT2D eigenvalue weighted by Crippen LogP contribution is 2.68. The minimum atomic E-state index is -3.80. The van der Waals surface area contributed by atoms with Crippen molar-refractivity contribution in [3.05, 3.63) is 0 Å². The lowest BCUT2D eigenvalue weighted by atomic mass is 9.44. The first kappa shape index (κ1) is 23.1. The molecule has 0 radical (unpaired) electrons. The molecule has 0 spiro atoms. The largest absolute Gasteiger partial charge is 0.286 e. The van der Waals surface area contributed by atoms with Gasteiger partial charge in [-0.2, -0.15) is 8.42 Å². The maximum absolute atomic E-state index is 11.0. The number of fused-ring (bicyclic) bond motifs is 5. The lowest BCUT2D eigenvalue weighted by Crippen LogP contribution is -2.53. The molecule has 9 atom stereocenters. The Balaban J connectivity index is 1.41. The molecule has 4 fully saturated rings. The fourth-order valence-corrected chi connectivity index (χ4v) is 9.97. The van der Waals surface area contributed by atoms with E-state index in [1.807, 2.05) is 0 Å². The average Bonchev–Trinajstić information content (AvgIpc) is 3.02. The van der Waals surface area contributed by atoms with Crippen LogP contribution in [0.1, 0.15) is 105 Å². The Morgan fingerprint density at radius 2 is 1.63 bits per heavy atom. The lowest BCUT2D eigenvalue weighted by molar-refractivity contribution is -0.120. The van der Waals surface area contributed by atoms with E-state index in [-0.39, 0.29) is 5.75 Å². The third-order valence-corrected chi connectivity index (χ3v) is 11.8. The quantitative estimate of drug-likeness (QED) is 0.359. The summed E-state index contributed by atoms with van der Waals surface area (Å²) in [6.07, 6.45) is 15.6. The summed E-state index contributed by atoms with van der Waals surface area (Å²) in [6, 6.07) is 0. The van der Waals surface area contributed by atoms with Crippen molar-refractivity contribution in [1.29, 1.82) is 0 Å². The van der Waals surface area contributed by atoms with Crippen LogP contribution in [0.4, 0.5) is 0 Å². The van der Waals surface area contributed by atoms with Crippen LogP contribution in [-0.2, 0) is 10.1 Å². The van der Waals surface area contributed by atoms with Crippen LogP contribution in [0, 0.1) is 52.3 Å². The second kappa shape index (κ2) is 8.36. The van der Waals surface area contributed by atoms with Crippen molar-refractivity contribution in [3.63, 3.8) is 0 Å². The molecule has 1 N–H and O–H groups in total. The van der Waals surface area contributed by atoms with Gasteiger partial charge in [-0.15, -0.1) is 0 Å². The Morgan fingerprint density at radius 3 is 2.37 bits per heavy atom. The molecule has 9 unspecified atom stereocenters. The van der Waals surface area contributed by atoms with Crippen LogP contribution < -0.4 is 0 Å². The molecule has 0 aromatic carbocycles. The van der Waals surface area contributed by atoms with E-state index in [1.54, 1.807) is 0 Å². The Kier molecular flexibility index (Phi) is 6.43. The lowest BCUT2D eigenvalue weighted by Gasteiger charge is -2.61. The Morgan fingerprint density at radius 1 is 0.933 bits per heavy atom. The fraction of sp³-hybridized carbons (Fsp3) is 1.00. The van der Waals surface area contributed by atoms with Gasteiger partial charge in [-0.1, -0.05) is 47.0 Å². The van der Waals surface area contributed by atoms with Gasteiger partial charge in [-0.3, -0.25) is 4.55 Å². The summed E-state index contributed by atoms with van der Waals surface area (Å²) in [4.78, 5) is 0. The summed E-state index contributed by atoms with van der Waals surface area (Å²) < 4.78 is 31.0. The number of rotatable bonds is 6. The zero-order valence-electron chi connectivity index (χ0n) is 19.9. The number of hydrogen-bond donors (Lipinski definition) is 1. The minimum absolute atomic E-state index is 0.0770. The van der Waals surface area contributed by atoms with Crippen molar-refractivity contribution in [1.82, 2.24) is 0 Å². The summed E-state index contributed by atoms with van der Waals surface area (Å²) >= 11 is 0. The standard InChI is InChI=1S/C26H46O3S/c1-18-12-14-25(3)20(17-18)8-9-21-23-11-10-22(26(23,4)15-13-24(21)25)19(2)7-5-6-16-30(27,28)29/h18-24H,5-17H2,1-4H3,(H,27,28,29). The summed E-state index contributed by atoms with van der Waals surface area (Å²) in [5, 5.41) is 0. The molecule has 0 saturated heterocycles. The second-order valence-electron chi connectivity index (χ2n) is 12.5. The third-order valence-electron chi connectivity index (χ3n) is 11.0.